The van der Waals surface area contributed by atoms with E-state index < -0.39 is 0 Å². The third kappa shape index (κ3) is 3.58. The van der Waals surface area contributed by atoms with E-state index in [1.807, 2.05) is 12.1 Å². The van der Waals surface area contributed by atoms with Crippen LogP contribution in [-0.4, -0.2) is 34.2 Å². The van der Waals surface area contributed by atoms with E-state index in [2.05, 4.69) is 50.5 Å². The molecule has 4 nitrogen and oxygen atoms in total. The van der Waals surface area contributed by atoms with Gasteiger partial charge in [0.1, 0.15) is 0 Å². The lowest BCUT2D eigenvalue weighted by Crippen LogP contribution is -2.04. The van der Waals surface area contributed by atoms with Crippen molar-refractivity contribution in [1.82, 2.24) is 14.8 Å². The maximum atomic E-state index is 5.12. The smallest absolute Gasteiger partial charge is 0.191 e. The molecule has 6 heteroatoms. The van der Waals surface area contributed by atoms with Gasteiger partial charge < -0.3 is 4.74 Å². The maximum absolute atomic E-state index is 5.12. The van der Waals surface area contributed by atoms with Gasteiger partial charge in [0, 0.05) is 12.9 Å². The first kappa shape index (κ1) is 15.3. The van der Waals surface area contributed by atoms with Crippen molar-refractivity contribution in [2.45, 2.75) is 11.7 Å². The number of aromatic nitrogens is 3. The second-order valence-corrected chi connectivity index (χ2v) is 6.71. The number of ether oxygens (including phenoxy) is 1. The van der Waals surface area contributed by atoms with Crippen LogP contribution in [0.4, 0.5) is 0 Å². The monoisotopic (exact) mass is 331 g/mol. The third-order valence-corrected chi connectivity index (χ3v) is 4.96. The Kier molecular flexibility index (Phi) is 5.26. The lowest BCUT2D eigenvalue weighted by Gasteiger charge is -2.09. The molecule has 0 saturated heterocycles. The molecule has 0 aliphatic rings. The summed E-state index contributed by atoms with van der Waals surface area (Å²) in [6.45, 7) is 1.48. The minimum atomic E-state index is 0.706. The van der Waals surface area contributed by atoms with E-state index in [-0.39, 0.29) is 0 Å². The molecule has 114 valence electrons. The summed E-state index contributed by atoms with van der Waals surface area (Å²) in [5.41, 5.74) is 1.24. The van der Waals surface area contributed by atoms with Crippen LogP contribution in [0.25, 0.3) is 10.7 Å². The van der Waals surface area contributed by atoms with Crippen LogP contribution in [-0.2, 0) is 11.3 Å². The fourth-order valence-corrected chi connectivity index (χ4v) is 3.66. The van der Waals surface area contributed by atoms with Crippen LogP contribution >= 0.6 is 23.1 Å². The summed E-state index contributed by atoms with van der Waals surface area (Å²) >= 11 is 3.36. The quantitative estimate of drug-likeness (QED) is 0.488. The topological polar surface area (TPSA) is 39.9 Å². The normalized spacial score (nSPS) is 11.0. The van der Waals surface area contributed by atoms with Crippen molar-refractivity contribution in [1.29, 1.82) is 0 Å². The first-order valence-corrected chi connectivity index (χ1v) is 8.88. The van der Waals surface area contributed by atoms with Crippen molar-refractivity contribution >= 4 is 23.1 Å². The number of hydrogen-bond donors (Lipinski definition) is 0. The predicted molar refractivity (Wildman–Crippen MR) is 91.5 cm³/mol. The molecule has 0 amide bonds. The SMILES string of the molecule is COCCSc1nnc(-c2cccs2)n1Cc1ccccc1. The Bertz CT molecular complexity index is 696. The molecule has 0 radical (unpaired) electrons. The van der Waals surface area contributed by atoms with Crippen molar-refractivity contribution in [3.05, 3.63) is 53.4 Å². The lowest BCUT2D eigenvalue weighted by atomic mass is 10.2. The summed E-state index contributed by atoms with van der Waals surface area (Å²) in [5.74, 6) is 1.80. The zero-order valence-electron chi connectivity index (χ0n) is 12.3. The Morgan fingerprint density at radius 3 is 2.73 bits per heavy atom. The van der Waals surface area contributed by atoms with E-state index in [9.17, 15) is 0 Å². The van der Waals surface area contributed by atoms with Gasteiger partial charge >= 0.3 is 0 Å². The van der Waals surface area contributed by atoms with Gasteiger partial charge in [0.15, 0.2) is 11.0 Å². The average Bonchev–Trinajstić information content (AvgIpc) is 3.19. The van der Waals surface area contributed by atoms with Crippen molar-refractivity contribution < 1.29 is 4.74 Å². The first-order chi connectivity index (χ1) is 10.9. The maximum Gasteiger partial charge on any atom is 0.191 e. The highest BCUT2D eigenvalue weighted by Crippen LogP contribution is 2.28. The molecule has 2 aromatic heterocycles. The van der Waals surface area contributed by atoms with Gasteiger partial charge in [-0.3, -0.25) is 4.57 Å². The lowest BCUT2D eigenvalue weighted by molar-refractivity contribution is 0.218. The Labute approximate surface area is 138 Å². The fraction of sp³-hybridized carbons (Fsp3) is 0.250. The Balaban J connectivity index is 1.90. The zero-order valence-corrected chi connectivity index (χ0v) is 13.9. The molecule has 0 unspecified atom stereocenters. The number of thioether (sulfide) groups is 1. The van der Waals surface area contributed by atoms with Gasteiger partial charge in [-0.05, 0) is 17.0 Å². The highest BCUT2D eigenvalue weighted by Gasteiger charge is 2.15. The van der Waals surface area contributed by atoms with E-state index >= 15 is 0 Å². The number of rotatable bonds is 7. The van der Waals surface area contributed by atoms with Crippen LogP contribution in [0.3, 0.4) is 0 Å². The molecule has 0 atom stereocenters. The molecular weight excluding hydrogens is 314 g/mol. The van der Waals surface area contributed by atoms with Gasteiger partial charge in [0.25, 0.3) is 0 Å². The van der Waals surface area contributed by atoms with E-state index in [4.69, 9.17) is 4.74 Å². The van der Waals surface area contributed by atoms with Crippen LogP contribution in [0.5, 0.6) is 0 Å². The highest BCUT2D eigenvalue weighted by molar-refractivity contribution is 7.99. The van der Waals surface area contributed by atoms with E-state index in [0.717, 1.165) is 28.2 Å². The van der Waals surface area contributed by atoms with Gasteiger partial charge in [-0.15, -0.1) is 21.5 Å². The molecule has 3 rings (SSSR count). The van der Waals surface area contributed by atoms with E-state index in [1.165, 1.54) is 5.56 Å². The van der Waals surface area contributed by atoms with Crippen LogP contribution < -0.4 is 0 Å². The summed E-state index contributed by atoms with van der Waals surface area (Å²) < 4.78 is 7.31. The third-order valence-electron chi connectivity index (χ3n) is 3.16. The van der Waals surface area contributed by atoms with Crippen molar-refractivity contribution in [3.63, 3.8) is 0 Å². The van der Waals surface area contributed by atoms with E-state index in [0.29, 0.717) is 6.61 Å². The molecular formula is C16H17N3OS2. The summed E-state index contributed by atoms with van der Waals surface area (Å²) in [4.78, 5) is 1.14. The molecule has 0 saturated carbocycles. The zero-order chi connectivity index (χ0) is 15.2. The fourth-order valence-electron chi connectivity index (χ4n) is 2.11. The number of benzene rings is 1. The average molecular weight is 331 g/mol. The number of thiophene rings is 1. The second kappa shape index (κ2) is 7.58. The predicted octanol–water partition coefficient (Wildman–Crippen LogP) is 3.79. The van der Waals surface area contributed by atoms with Crippen LogP contribution in [0.1, 0.15) is 5.56 Å². The van der Waals surface area contributed by atoms with E-state index in [1.54, 1.807) is 30.2 Å². The molecule has 3 aromatic rings. The molecule has 22 heavy (non-hydrogen) atoms. The molecule has 0 aliphatic carbocycles. The van der Waals surface area contributed by atoms with Crippen molar-refractivity contribution in [3.8, 4) is 10.7 Å². The molecule has 0 aliphatic heterocycles. The van der Waals surface area contributed by atoms with Crippen molar-refractivity contribution in [2.75, 3.05) is 19.5 Å². The van der Waals surface area contributed by atoms with Gasteiger partial charge in [-0.1, -0.05) is 48.2 Å². The van der Waals surface area contributed by atoms with Gasteiger partial charge in [-0.2, -0.15) is 0 Å². The Morgan fingerprint density at radius 1 is 1.14 bits per heavy atom. The standard InChI is InChI=1S/C16H17N3OS2/c1-20-9-11-22-16-18-17-15(14-8-5-10-21-14)19(16)12-13-6-3-2-4-7-13/h2-8,10H,9,11-12H2,1H3. The summed E-state index contributed by atoms with van der Waals surface area (Å²) in [5, 5.41) is 11.8. The molecule has 0 fully saturated rings. The number of hydrogen-bond acceptors (Lipinski definition) is 5. The van der Waals surface area contributed by atoms with Crippen LogP contribution in [0.15, 0.2) is 53.0 Å². The van der Waals surface area contributed by atoms with Crippen LogP contribution in [0, 0.1) is 0 Å². The molecule has 1 aromatic carbocycles. The van der Waals surface area contributed by atoms with Gasteiger partial charge in [0.2, 0.25) is 0 Å². The summed E-state index contributed by atoms with van der Waals surface area (Å²) in [7, 11) is 1.71. The number of methoxy groups -OCH3 is 1. The first-order valence-electron chi connectivity index (χ1n) is 7.01. The summed E-state index contributed by atoms with van der Waals surface area (Å²) in [6, 6.07) is 14.5. The molecule has 0 N–H and O–H groups in total. The Morgan fingerprint density at radius 2 is 2.00 bits per heavy atom. The largest absolute Gasteiger partial charge is 0.384 e. The molecule has 2 heterocycles. The van der Waals surface area contributed by atoms with Gasteiger partial charge in [-0.25, -0.2) is 0 Å². The second-order valence-electron chi connectivity index (χ2n) is 4.70. The molecule has 0 bridgehead atoms. The minimum absolute atomic E-state index is 0.706. The summed E-state index contributed by atoms with van der Waals surface area (Å²) in [6.07, 6.45) is 0. The minimum Gasteiger partial charge on any atom is -0.384 e. The number of nitrogens with zero attached hydrogens (tertiary/aromatic N) is 3. The highest BCUT2D eigenvalue weighted by atomic mass is 32.2. The van der Waals surface area contributed by atoms with Gasteiger partial charge in [0.05, 0.1) is 18.0 Å². The van der Waals surface area contributed by atoms with Crippen molar-refractivity contribution in [2.24, 2.45) is 0 Å². The van der Waals surface area contributed by atoms with Crippen LogP contribution in [0.2, 0.25) is 0 Å². The molecule has 0 spiro atoms. The Hall–Kier alpha value is -1.63.